The predicted molar refractivity (Wildman–Crippen MR) is 109 cm³/mol. The quantitative estimate of drug-likeness (QED) is 0.732. The first kappa shape index (κ1) is 19.3. The van der Waals surface area contributed by atoms with E-state index in [1.807, 2.05) is 6.92 Å². The molecular weight excluding hydrogens is 360 g/mol. The number of hydrogen-bond donors (Lipinski definition) is 1. The van der Waals surface area contributed by atoms with Crippen molar-refractivity contribution in [2.75, 3.05) is 11.5 Å². The molecule has 0 saturated carbocycles. The van der Waals surface area contributed by atoms with Crippen LogP contribution in [-0.2, 0) is 12.8 Å². The van der Waals surface area contributed by atoms with E-state index in [1.54, 1.807) is 11.8 Å². The molecule has 0 bridgehead atoms. The molecule has 1 unspecified atom stereocenters. The van der Waals surface area contributed by atoms with Gasteiger partial charge >= 0.3 is 0 Å². The van der Waals surface area contributed by atoms with Gasteiger partial charge in [-0.1, -0.05) is 17.7 Å². The molecule has 1 heterocycles. The van der Waals surface area contributed by atoms with Crippen molar-refractivity contribution in [2.24, 2.45) is 0 Å². The van der Waals surface area contributed by atoms with Crippen LogP contribution < -0.4 is 0 Å². The van der Waals surface area contributed by atoms with E-state index in [4.69, 9.17) is 0 Å². The van der Waals surface area contributed by atoms with Crippen molar-refractivity contribution in [2.45, 2.75) is 55.6 Å². The fourth-order valence-electron chi connectivity index (χ4n) is 3.26. The third-order valence-electron chi connectivity index (χ3n) is 4.68. The molecule has 0 amide bonds. The first-order valence-electron chi connectivity index (χ1n) is 9.01. The minimum atomic E-state index is -0.434. The highest BCUT2D eigenvalue weighted by Crippen LogP contribution is 2.32. The average molecular weight is 385 g/mol. The molecule has 1 aliphatic rings. The van der Waals surface area contributed by atoms with Gasteiger partial charge in [-0.25, -0.2) is 4.98 Å². The van der Waals surface area contributed by atoms with Gasteiger partial charge in [0.2, 0.25) is 0 Å². The van der Waals surface area contributed by atoms with Crippen molar-refractivity contribution in [3.63, 3.8) is 0 Å². The minimum absolute atomic E-state index is 0.434. The molecule has 1 aromatic heterocycles. The van der Waals surface area contributed by atoms with Gasteiger partial charge in [0.05, 0.1) is 11.7 Å². The molecule has 1 atom stereocenters. The van der Waals surface area contributed by atoms with Gasteiger partial charge in [0, 0.05) is 22.1 Å². The van der Waals surface area contributed by atoms with Crippen LogP contribution in [0.4, 0.5) is 0 Å². The lowest BCUT2D eigenvalue weighted by Crippen LogP contribution is -2.15. The standard InChI is InChI=1S/C21H24N2OS2/c1-14-7-9-17(10-8-14)25-12-16(24)13-26-21-20(11-22)19-6-4-3-5-18(19)15(2)23-21/h7-10,16,24H,3-6,12-13H2,1-2H3. The zero-order chi connectivity index (χ0) is 18.5. The molecule has 1 aromatic carbocycles. The highest BCUT2D eigenvalue weighted by Gasteiger charge is 2.21. The first-order chi connectivity index (χ1) is 12.6. The lowest BCUT2D eigenvalue weighted by atomic mass is 9.88. The molecule has 0 fully saturated rings. The van der Waals surface area contributed by atoms with Crippen LogP contribution >= 0.6 is 23.5 Å². The molecule has 1 aliphatic carbocycles. The summed E-state index contributed by atoms with van der Waals surface area (Å²) in [6.07, 6.45) is 3.90. The van der Waals surface area contributed by atoms with Crippen molar-refractivity contribution in [1.82, 2.24) is 4.98 Å². The maximum absolute atomic E-state index is 10.3. The van der Waals surface area contributed by atoms with E-state index in [2.05, 4.69) is 42.2 Å². The van der Waals surface area contributed by atoms with E-state index in [0.717, 1.165) is 35.5 Å². The highest BCUT2D eigenvalue weighted by molar-refractivity contribution is 8.00. The Kier molecular flexibility index (Phi) is 6.63. The predicted octanol–water partition coefficient (Wildman–Crippen LogP) is 4.69. The van der Waals surface area contributed by atoms with Crippen LogP contribution in [0.3, 0.4) is 0 Å². The van der Waals surface area contributed by atoms with Gasteiger partial charge in [-0.15, -0.1) is 23.5 Å². The van der Waals surface area contributed by atoms with Crippen LogP contribution in [0, 0.1) is 25.2 Å². The molecule has 1 N–H and O–H groups in total. The van der Waals surface area contributed by atoms with Crippen molar-refractivity contribution in [3.05, 3.63) is 52.2 Å². The smallest absolute Gasteiger partial charge is 0.114 e. The summed E-state index contributed by atoms with van der Waals surface area (Å²) in [7, 11) is 0. The van der Waals surface area contributed by atoms with E-state index in [1.165, 1.54) is 39.8 Å². The monoisotopic (exact) mass is 384 g/mol. The van der Waals surface area contributed by atoms with E-state index in [0.29, 0.717) is 11.5 Å². The Morgan fingerprint density at radius 2 is 1.73 bits per heavy atom. The largest absolute Gasteiger partial charge is 0.391 e. The Balaban J connectivity index is 1.63. The van der Waals surface area contributed by atoms with Gasteiger partial charge < -0.3 is 5.11 Å². The van der Waals surface area contributed by atoms with E-state index in [9.17, 15) is 10.4 Å². The number of aliphatic hydroxyl groups excluding tert-OH is 1. The van der Waals surface area contributed by atoms with E-state index in [-0.39, 0.29) is 0 Å². The van der Waals surface area contributed by atoms with Crippen LogP contribution in [0.25, 0.3) is 0 Å². The van der Waals surface area contributed by atoms with Gasteiger partial charge in [0.25, 0.3) is 0 Å². The molecule has 0 radical (unpaired) electrons. The Labute approximate surface area is 164 Å². The Hall–Kier alpha value is -1.48. The molecule has 0 aliphatic heterocycles. The summed E-state index contributed by atoms with van der Waals surface area (Å²) in [6, 6.07) is 10.7. The summed E-state index contributed by atoms with van der Waals surface area (Å²) in [5.74, 6) is 1.20. The number of nitriles is 1. The van der Waals surface area contributed by atoms with Crippen LogP contribution in [-0.4, -0.2) is 27.7 Å². The minimum Gasteiger partial charge on any atom is -0.391 e. The lowest BCUT2D eigenvalue weighted by molar-refractivity contribution is 0.225. The van der Waals surface area contributed by atoms with Crippen molar-refractivity contribution in [3.8, 4) is 6.07 Å². The number of fused-ring (bicyclic) bond motifs is 1. The maximum atomic E-state index is 10.3. The van der Waals surface area contributed by atoms with Crippen LogP contribution in [0.2, 0.25) is 0 Å². The second kappa shape index (κ2) is 8.94. The Bertz CT molecular complexity index is 812. The second-order valence-electron chi connectivity index (χ2n) is 6.74. The summed E-state index contributed by atoms with van der Waals surface area (Å²) >= 11 is 3.17. The summed E-state index contributed by atoms with van der Waals surface area (Å²) in [6.45, 7) is 4.11. The summed E-state index contributed by atoms with van der Waals surface area (Å²) < 4.78 is 0. The zero-order valence-corrected chi connectivity index (χ0v) is 16.9. The summed E-state index contributed by atoms with van der Waals surface area (Å²) in [4.78, 5) is 5.85. The third kappa shape index (κ3) is 4.62. The SMILES string of the molecule is Cc1ccc(SCC(O)CSc2nc(C)c3c(c2C#N)CCCC3)cc1. The second-order valence-corrected chi connectivity index (χ2v) is 8.84. The molecule has 26 heavy (non-hydrogen) atoms. The summed E-state index contributed by atoms with van der Waals surface area (Å²) in [5.41, 5.74) is 5.48. The zero-order valence-electron chi connectivity index (χ0n) is 15.3. The normalized spacial score (nSPS) is 14.5. The van der Waals surface area contributed by atoms with E-state index >= 15 is 0 Å². The van der Waals surface area contributed by atoms with Crippen molar-refractivity contribution >= 4 is 23.5 Å². The van der Waals surface area contributed by atoms with Crippen molar-refractivity contribution < 1.29 is 5.11 Å². The number of pyridine rings is 1. The average Bonchev–Trinajstić information content (AvgIpc) is 2.66. The number of nitrogens with zero attached hydrogens (tertiary/aromatic N) is 2. The first-order valence-corrected chi connectivity index (χ1v) is 11.0. The molecule has 3 nitrogen and oxygen atoms in total. The summed E-state index contributed by atoms with van der Waals surface area (Å²) in [5, 5.41) is 20.8. The number of aromatic nitrogens is 1. The Morgan fingerprint density at radius 1 is 1.08 bits per heavy atom. The maximum Gasteiger partial charge on any atom is 0.114 e. The van der Waals surface area contributed by atoms with Gasteiger partial charge in [-0.2, -0.15) is 5.26 Å². The van der Waals surface area contributed by atoms with Gasteiger partial charge in [0.1, 0.15) is 11.1 Å². The molecule has 3 rings (SSSR count). The topological polar surface area (TPSA) is 56.9 Å². The number of aryl methyl sites for hydroxylation is 2. The number of aliphatic hydroxyl groups is 1. The Morgan fingerprint density at radius 3 is 2.42 bits per heavy atom. The third-order valence-corrected chi connectivity index (χ3v) is 6.95. The number of rotatable bonds is 6. The fraction of sp³-hybridized carbons (Fsp3) is 0.429. The van der Waals surface area contributed by atoms with E-state index < -0.39 is 6.10 Å². The number of benzene rings is 1. The lowest BCUT2D eigenvalue weighted by Gasteiger charge is -2.21. The van der Waals surface area contributed by atoms with Gasteiger partial charge in [-0.3, -0.25) is 0 Å². The molecule has 0 spiro atoms. The number of hydrogen-bond acceptors (Lipinski definition) is 5. The van der Waals surface area contributed by atoms with Crippen LogP contribution in [0.1, 0.15) is 40.8 Å². The van der Waals surface area contributed by atoms with Gasteiger partial charge in [-0.05, 0) is 62.8 Å². The molecule has 136 valence electrons. The van der Waals surface area contributed by atoms with Crippen LogP contribution in [0.15, 0.2) is 34.2 Å². The highest BCUT2D eigenvalue weighted by atomic mass is 32.2. The van der Waals surface area contributed by atoms with Gasteiger partial charge in [0.15, 0.2) is 0 Å². The molecule has 5 heteroatoms. The van der Waals surface area contributed by atoms with Crippen molar-refractivity contribution in [1.29, 1.82) is 5.26 Å². The number of thioether (sulfide) groups is 2. The molecular formula is C21H24N2OS2. The molecule has 2 aromatic rings. The fourth-order valence-corrected chi connectivity index (χ4v) is 5.22. The molecule has 0 saturated heterocycles. The van der Waals surface area contributed by atoms with Crippen LogP contribution in [0.5, 0.6) is 0 Å².